The molecule has 0 heterocycles. The summed E-state index contributed by atoms with van der Waals surface area (Å²) in [5.41, 5.74) is 0. The molecule has 1 amide bonds. The minimum atomic E-state index is -4.62. The lowest BCUT2D eigenvalue weighted by Gasteiger charge is -2.29. The lowest BCUT2D eigenvalue weighted by atomic mass is 10.0. The minimum Gasteiger partial charge on any atom is -0.756 e. The fourth-order valence-electron chi connectivity index (χ4n) is 11.9. The van der Waals surface area contributed by atoms with Gasteiger partial charge in [0, 0.05) is 6.42 Å². The summed E-state index contributed by atoms with van der Waals surface area (Å²) in [6, 6.07) is -0.908. The summed E-state index contributed by atoms with van der Waals surface area (Å²) in [5.74, 6) is -0.202. The van der Waals surface area contributed by atoms with Crippen molar-refractivity contribution in [3.05, 3.63) is 97.2 Å². The van der Waals surface area contributed by atoms with Crippen molar-refractivity contribution in [3.63, 3.8) is 0 Å². The van der Waals surface area contributed by atoms with Crippen LogP contribution in [0.15, 0.2) is 97.2 Å². The number of phosphoric ester groups is 1. The van der Waals surface area contributed by atoms with Gasteiger partial charge in [0.2, 0.25) is 5.91 Å². The van der Waals surface area contributed by atoms with Crippen LogP contribution in [-0.4, -0.2) is 68.5 Å². The maximum atomic E-state index is 13.1. The van der Waals surface area contributed by atoms with Gasteiger partial charge in [-0.3, -0.25) is 9.36 Å². The molecule has 2 N–H and O–H groups in total. The summed E-state index contributed by atoms with van der Waals surface area (Å²) in [4.78, 5) is 25.7. The number of rotatable bonds is 74. The molecule has 0 aliphatic heterocycles. The second kappa shape index (κ2) is 73.7. The first-order valence-corrected chi connectivity index (χ1v) is 41.6. The molecule has 9 heteroatoms. The zero-order valence-corrected chi connectivity index (χ0v) is 63.1. The first-order chi connectivity index (χ1) is 45.5. The van der Waals surface area contributed by atoms with Crippen LogP contribution in [0.25, 0.3) is 0 Å². The molecule has 0 radical (unpaired) electrons. The zero-order chi connectivity index (χ0) is 67.6. The van der Waals surface area contributed by atoms with Crippen LogP contribution in [0, 0.1) is 0 Å². The number of hydrogen-bond donors (Lipinski definition) is 2. The van der Waals surface area contributed by atoms with Crippen LogP contribution < -0.4 is 10.2 Å². The molecule has 542 valence electrons. The Labute approximate surface area is 579 Å². The van der Waals surface area contributed by atoms with Crippen molar-refractivity contribution in [1.82, 2.24) is 5.32 Å². The van der Waals surface area contributed by atoms with E-state index in [0.29, 0.717) is 17.4 Å². The molecule has 0 aromatic carbocycles. The molecule has 0 fully saturated rings. The predicted molar refractivity (Wildman–Crippen MR) is 408 cm³/mol. The molecular formula is C84H155N2O6P. The first-order valence-electron chi connectivity index (χ1n) is 40.1. The number of carbonyl (C=O) groups is 1. The van der Waals surface area contributed by atoms with E-state index in [0.717, 1.165) is 77.0 Å². The highest BCUT2D eigenvalue weighted by molar-refractivity contribution is 7.45. The highest BCUT2D eigenvalue weighted by atomic mass is 31.2. The monoisotopic (exact) mass is 1320 g/mol. The maximum absolute atomic E-state index is 13.1. The van der Waals surface area contributed by atoms with E-state index < -0.39 is 26.6 Å². The summed E-state index contributed by atoms with van der Waals surface area (Å²) in [6.07, 6.45) is 107. The van der Waals surface area contributed by atoms with Gasteiger partial charge in [-0.2, -0.15) is 0 Å². The number of hydrogen-bond acceptors (Lipinski definition) is 6. The molecule has 93 heavy (non-hydrogen) atoms. The number of quaternary nitrogens is 1. The minimum absolute atomic E-state index is 0.00697. The van der Waals surface area contributed by atoms with Gasteiger partial charge in [0.1, 0.15) is 13.2 Å². The van der Waals surface area contributed by atoms with Gasteiger partial charge in [-0.1, -0.05) is 387 Å². The SMILES string of the molecule is CC/C=C\C/C=C\C/C=C\C/C=C\C/C=C\C/C=C\CCCCCCCCCCCCCCCCCCCCCCCCC(=O)NC(COP(=O)([O-])OCC[N+](C)(C)C)C(O)/C=C/CC/C=C/CCCCCCCCCCCCCCCCCCCCCCCCCC. The van der Waals surface area contributed by atoms with E-state index in [1.165, 1.54) is 283 Å². The van der Waals surface area contributed by atoms with Crippen LogP contribution >= 0.6 is 7.82 Å². The Morgan fingerprint density at radius 1 is 0.387 bits per heavy atom. The van der Waals surface area contributed by atoms with Gasteiger partial charge in [-0.15, -0.1) is 0 Å². The van der Waals surface area contributed by atoms with Crippen molar-refractivity contribution in [3.8, 4) is 0 Å². The van der Waals surface area contributed by atoms with Crippen LogP contribution in [-0.2, 0) is 18.4 Å². The molecule has 3 unspecified atom stereocenters. The molecule has 3 atom stereocenters. The molecule has 8 nitrogen and oxygen atoms in total. The van der Waals surface area contributed by atoms with Crippen molar-refractivity contribution < 1.29 is 32.9 Å². The van der Waals surface area contributed by atoms with Gasteiger partial charge in [0.25, 0.3) is 7.82 Å². The third kappa shape index (κ3) is 76.7. The molecule has 0 saturated heterocycles. The van der Waals surface area contributed by atoms with Crippen LogP contribution in [0.1, 0.15) is 380 Å². The van der Waals surface area contributed by atoms with E-state index in [-0.39, 0.29) is 12.5 Å². The topological polar surface area (TPSA) is 108 Å². The summed E-state index contributed by atoms with van der Waals surface area (Å²) >= 11 is 0. The summed E-state index contributed by atoms with van der Waals surface area (Å²) in [6.45, 7) is 4.56. The zero-order valence-electron chi connectivity index (χ0n) is 62.2. The number of aliphatic hydroxyl groups excluding tert-OH is 1. The molecule has 0 aliphatic rings. The number of carbonyl (C=O) groups excluding carboxylic acids is 1. The lowest BCUT2D eigenvalue weighted by molar-refractivity contribution is -0.870. The average Bonchev–Trinajstić information content (AvgIpc) is 2.75. The van der Waals surface area contributed by atoms with Crippen molar-refractivity contribution in [2.45, 2.75) is 392 Å². The van der Waals surface area contributed by atoms with Gasteiger partial charge >= 0.3 is 0 Å². The predicted octanol–water partition coefficient (Wildman–Crippen LogP) is 25.8. The quantitative estimate of drug-likeness (QED) is 0.0272. The van der Waals surface area contributed by atoms with Crippen molar-refractivity contribution in [2.24, 2.45) is 0 Å². The second-order valence-electron chi connectivity index (χ2n) is 28.4. The van der Waals surface area contributed by atoms with E-state index in [9.17, 15) is 19.4 Å². The van der Waals surface area contributed by atoms with E-state index in [1.54, 1.807) is 6.08 Å². The van der Waals surface area contributed by atoms with Gasteiger partial charge in [-0.05, 0) is 83.5 Å². The third-order valence-corrected chi connectivity index (χ3v) is 19.0. The van der Waals surface area contributed by atoms with Gasteiger partial charge < -0.3 is 28.8 Å². The number of allylic oxidation sites excluding steroid dienone is 15. The van der Waals surface area contributed by atoms with E-state index >= 15 is 0 Å². The first kappa shape index (κ1) is 90.4. The molecule has 0 aromatic rings. The second-order valence-corrected chi connectivity index (χ2v) is 29.8. The van der Waals surface area contributed by atoms with E-state index in [4.69, 9.17) is 9.05 Å². The Morgan fingerprint density at radius 2 is 0.667 bits per heavy atom. The third-order valence-electron chi connectivity index (χ3n) is 18.0. The number of unbranched alkanes of at least 4 members (excludes halogenated alkanes) is 47. The van der Waals surface area contributed by atoms with Crippen molar-refractivity contribution in [1.29, 1.82) is 0 Å². The van der Waals surface area contributed by atoms with Gasteiger partial charge in [0.15, 0.2) is 0 Å². The Hall–Kier alpha value is -2.58. The Bertz CT molecular complexity index is 1840. The number of amides is 1. The van der Waals surface area contributed by atoms with Crippen LogP contribution in [0.3, 0.4) is 0 Å². The van der Waals surface area contributed by atoms with Gasteiger partial charge in [0.05, 0.1) is 39.9 Å². The smallest absolute Gasteiger partial charge is 0.268 e. The maximum Gasteiger partial charge on any atom is 0.268 e. The highest BCUT2D eigenvalue weighted by Crippen LogP contribution is 2.38. The average molecular weight is 1320 g/mol. The summed E-state index contributed by atoms with van der Waals surface area (Å²) in [7, 11) is 1.25. The molecule has 0 aliphatic carbocycles. The number of likely N-dealkylation sites (N-methyl/N-ethyl adjacent to an activating group) is 1. The van der Waals surface area contributed by atoms with E-state index in [2.05, 4.69) is 104 Å². The Kier molecular flexibility index (Phi) is 71.6. The molecule has 0 bridgehead atoms. The fourth-order valence-corrected chi connectivity index (χ4v) is 12.6. The van der Waals surface area contributed by atoms with Crippen LogP contribution in [0.2, 0.25) is 0 Å². The molecule has 0 saturated carbocycles. The fraction of sp³-hybridized carbons (Fsp3) is 0.798. The molecule has 0 spiro atoms. The van der Waals surface area contributed by atoms with Crippen LogP contribution in [0.4, 0.5) is 0 Å². The van der Waals surface area contributed by atoms with E-state index in [1.807, 2.05) is 27.2 Å². The molecule has 0 rings (SSSR count). The lowest BCUT2D eigenvalue weighted by Crippen LogP contribution is -2.45. The summed E-state index contributed by atoms with van der Waals surface area (Å²) < 4.78 is 23.5. The normalized spacial score (nSPS) is 14.0. The van der Waals surface area contributed by atoms with Gasteiger partial charge in [-0.25, -0.2) is 0 Å². The standard InChI is InChI=1S/C84H155N2O6P/c1-6-8-10-12-14-16-18-20-22-24-26-28-30-32-34-36-38-39-40-41-42-43-44-45-46-47-48-50-52-54-56-58-60-62-64-66-68-70-72-74-76-78-84(88)85-82(81-92-93(89,90)91-80-79-86(3,4)5)83(87)77-75-73-71-69-67-65-63-61-59-57-55-53-51-49-37-35-33-31-29-27-25-23-21-19-17-15-13-11-9-7-2/h8,10,14,16,20,22,26,28,32,34,38-39,67,69,75,77,82-83,87H,6-7,9,11-13,15,17-19,21,23-25,27,29-31,33,35-37,40-66,68,70-74,76,78-81H2,1-5H3,(H-,85,88,89,90)/b10-8-,16-14-,22-20-,28-26-,34-32-,39-38-,69-67+,77-75+. The Balaban J connectivity index is 3.98. The largest absolute Gasteiger partial charge is 0.756 e. The number of aliphatic hydroxyl groups is 1. The van der Waals surface area contributed by atoms with Crippen molar-refractivity contribution >= 4 is 13.7 Å². The number of phosphoric acid groups is 1. The molecular weight excluding hydrogens is 1160 g/mol. The Morgan fingerprint density at radius 3 is 1.00 bits per heavy atom. The number of nitrogens with one attached hydrogen (secondary N) is 1. The van der Waals surface area contributed by atoms with Crippen LogP contribution in [0.5, 0.6) is 0 Å². The molecule has 0 aromatic heterocycles. The van der Waals surface area contributed by atoms with Crippen molar-refractivity contribution in [2.75, 3.05) is 40.9 Å². The highest BCUT2D eigenvalue weighted by Gasteiger charge is 2.23. The number of nitrogens with zero attached hydrogens (tertiary/aromatic N) is 1. The summed E-state index contributed by atoms with van der Waals surface area (Å²) in [5, 5.41) is 14.0.